The molecule has 1 aromatic rings. The van der Waals surface area contributed by atoms with Gasteiger partial charge in [0.05, 0.1) is 18.7 Å². The molecule has 1 rings (SSSR count). The molecule has 0 fully saturated rings. The van der Waals surface area contributed by atoms with Gasteiger partial charge < -0.3 is 9.64 Å². The van der Waals surface area contributed by atoms with Crippen LogP contribution < -0.4 is 4.74 Å². The average molecular weight is 246 g/mol. The predicted octanol–water partition coefficient (Wildman–Crippen LogP) is 3.04. The molecule has 0 N–H and O–H groups in total. The van der Waals surface area contributed by atoms with Crippen molar-refractivity contribution in [3.63, 3.8) is 0 Å². The minimum Gasteiger partial charge on any atom is -0.496 e. The van der Waals surface area contributed by atoms with E-state index in [1.54, 1.807) is 13.2 Å². The third-order valence-electron chi connectivity index (χ3n) is 2.59. The van der Waals surface area contributed by atoms with Crippen molar-refractivity contribution in [2.75, 3.05) is 20.7 Å². The fraction of sp³-hybridized carbons (Fsp3) is 0.533. The highest BCUT2D eigenvalue weighted by molar-refractivity contribution is 5.42. The Morgan fingerprint density at radius 2 is 2.00 bits per heavy atom. The number of nitriles is 1. The van der Waals surface area contributed by atoms with Crippen LogP contribution in [0.25, 0.3) is 0 Å². The van der Waals surface area contributed by atoms with Crippen LogP contribution in [0.1, 0.15) is 31.9 Å². The normalized spacial score (nSPS) is 11.4. The van der Waals surface area contributed by atoms with Gasteiger partial charge in [-0.25, -0.2) is 0 Å². The molecule has 3 nitrogen and oxygen atoms in total. The predicted molar refractivity (Wildman–Crippen MR) is 73.5 cm³/mol. The Hall–Kier alpha value is -1.53. The van der Waals surface area contributed by atoms with Gasteiger partial charge in [-0.1, -0.05) is 20.8 Å². The maximum Gasteiger partial charge on any atom is 0.123 e. The Morgan fingerprint density at radius 1 is 1.33 bits per heavy atom. The molecule has 18 heavy (non-hydrogen) atoms. The van der Waals surface area contributed by atoms with Gasteiger partial charge in [0.25, 0.3) is 0 Å². The van der Waals surface area contributed by atoms with Crippen molar-refractivity contribution in [2.24, 2.45) is 5.41 Å². The monoisotopic (exact) mass is 246 g/mol. The Bertz CT molecular complexity index is 441. The second kappa shape index (κ2) is 5.88. The standard InChI is InChI=1S/C15H22N2O/c1-15(2,3)11-17(4)10-13-8-12(9-16)6-7-14(13)18-5/h6-8H,10-11H2,1-5H3. The molecule has 0 unspecified atom stereocenters. The van der Waals surface area contributed by atoms with Crippen molar-refractivity contribution in [2.45, 2.75) is 27.3 Å². The molecular weight excluding hydrogens is 224 g/mol. The summed E-state index contributed by atoms with van der Waals surface area (Å²) in [5.41, 5.74) is 1.99. The van der Waals surface area contributed by atoms with Crippen molar-refractivity contribution in [3.8, 4) is 11.8 Å². The summed E-state index contributed by atoms with van der Waals surface area (Å²) in [5, 5.41) is 8.94. The van der Waals surface area contributed by atoms with E-state index in [4.69, 9.17) is 10.00 Å². The molecule has 0 heterocycles. The molecule has 0 spiro atoms. The third kappa shape index (κ3) is 4.38. The summed E-state index contributed by atoms with van der Waals surface area (Å²) in [5.74, 6) is 0.842. The summed E-state index contributed by atoms with van der Waals surface area (Å²) >= 11 is 0. The summed E-state index contributed by atoms with van der Waals surface area (Å²) in [7, 11) is 3.75. The summed E-state index contributed by atoms with van der Waals surface area (Å²) in [6.07, 6.45) is 0. The maximum atomic E-state index is 8.94. The van der Waals surface area contributed by atoms with Crippen molar-refractivity contribution in [1.29, 1.82) is 5.26 Å². The maximum absolute atomic E-state index is 8.94. The van der Waals surface area contributed by atoms with Crippen LogP contribution >= 0.6 is 0 Å². The van der Waals surface area contributed by atoms with E-state index in [0.717, 1.165) is 24.4 Å². The second-order valence-corrected chi connectivity index (χ2v) is 5.87. The lowest BCUT2D eigenvalue weighted by Gasteiger charge is -2.27. The van der Waals surface area contributed by atoms with Crippen LogP contribution in [0.4, 0.5) is 0 Å². The Kier molecular flexibility index (Phi) is 4.75. The van der Waals surface area contributed by atoms with Crippen LogP contribution in [0, 0.1) is 16.7 Å². The van der Waals surface area contributed by atoms with Crippen molar-refractivity contribution in [1.82, 2.24) is 4.90 Å². The van der Waals surface area contributed by atoms with E-state index in [9.17, 15) is 0 Å². The molecule has 0 aliphatic carbocycles. The number of hydrogen-bond donors (Lipinski definition) is 0. The molecule has 0 aliphatic heterocycles. The first-order valence-electron chi connectivity index (χ1n) is 6.11. The van der Waals surface area contributed by atoms with Crippen molar-refractivity contribution < 1.29 is 4.74 Å². The van der Waals surface area contributed by atoms with E-state index in [2.05, 4.69) is 38.8 Å². The van der Waals surface area contributed by atoms with Gasteiger partial charge in [-0.05, 0) is 30.7 Å². The minimum absolute atomic E-state index is 0.259. The second-order valence-electron chi connectivity index (χ2n) is 5.87. The average Bonchev–Trinajstić information content (AvgIpc) is 2.26. The number of hydrogen-bond acceptors (Lipinski definition) is 3. The number of nitrogens with zero attached hydrogens (tertiary/aromatic N) is 2. The van der Waals surface area contributed by atoms with Gasteiger partial charge in [-0.3, -0.25) is 0 Å². The molecule has 1 aromatic carbocycles. The van der Waals surface area contributed by atoms with Crippen molar-refractivity contribution >= 4 is 0 Å². The molecule has 0 aliphatic rings. The zero-order valence-corrected chi connectivity index (χ0v) is 11.9. The molecule has 0 aromatic heterocycles. The molecule has 0 atom stereocenters. The summed E-state index contributed by atoms with van der Waals surface area (Å²) in [6, 6.07) is 7.71. The lowest BCUT2D eigenvalue weighted by Crippen LogP contribution is -2.29. The van der Waals surface area contributed by atoms with Crippen LogP contribution in [0.3, 0.4) is 0 Å². The van der Waals surface area contributed by atoms with E-state index in [1.165, 1.54) is 0 Å². The SMILES string of the molecule is COc1ccc(C#N)cc1CN(C)CC(C)(C)C. The zero-order valence-electron chi connectivity index (χ0n) is 11.9. The van der Waals surface area contributed by atoms with E-state index in [0.29, 0.717) is 5.56 Å². The molecule has 0 saturated heterocycles. The summed E-state index contributed by atoms with van der Waals surface area (Å²) < 4.78 is 5.34. The smallest absolute Gasteiger partial charge is 0.123 e. The minimum atomic E-state index is 0.259. The third-order valence-corrected chi connectivity index (χ3v) is 2.59. The van der Waals surface area contributed by atoms with Gasteiger partial charge in [0.1, 0.15) is 5.75 Å². The van der Waals surface area contributed by atoms with Gasteiger partial charge in [-0.15, -0.1) is 0 Å². The fourth-order valence-electron chi connectivity index (χ4n) is 2.13. The van der Waals surface area contributed by atoms with Crippen LogP contribution in [0.15, 0.2) is 18.2 Å². The van der Waals surface area contributed by atoms with E-state index < -0.39 is 0 Å². The summed E-state index contributed by atoms with van der Waals surface area (Å²) in [4.78, 5) is 2.25. The van der Waals surface area contributed by atoms with E-state index in [-0.39, 0.29) is 5.41 Å². The Labute approximate surface area is 110 Å². The highest BCUT2D eigenvalue weighted by Crippen LogP contribution is 2.22. The number of benzene rings is 1. The van der Waals surface area contributed by atoms with Crippen LogP contribution in [0.5, 0.6) is 5.75 Å². The van der Waals surface area contributed by atoms with Crippen molar-refractivity contribution in [3.05, 3.63) is 29.3 Å². The molecule has 3 heteroatoms. The highest BCUT2D eigenvalue weighted by atomic mass is 16.5. The quantitative estimate of drug-likeness (QED) is 0.819. The van der Waals surface area contributed by atoms with Gasteiger partial charge in [0.15, 0.2) is 0 Å². The van der Waals surface area contributed by atoms with Crippen LogP contribution in [-0.2, 0) is 6.54 Å². The first-order valence-corrected chi connectivity index (χ1v) is 6.11. The number of rotatable bonds is 4. The van der Waals surface area contributed by atoms with Crippen LogP contribution in [-0.4, -0.2) is 25.6 Å². The van der Waals surface area contributed by atoms with Gasteiger partial charge in [0.2, 0.25) is 0 Å². The Morgan fingerprint density at radius 3 is 2.50 bits per heavy atom. The first-order chi connectivity index (χ1) is 8.35. The largest absolute Gasteiger partial charge is 0.496 e. The Balaban J connectivity index is 2.85. The highest BCUT2D eigenvalue weighted by Gasteiger charge is 2.15. The lowest BCUT2D eigenvalue weighted by molar-refractivity contribution is 0.218. The van der Waals surface area contributed by atoms with Gasteiger partial charge in [-0.2, -0.15) is 5.26 Å². The molecule has 0 radical (unpaired) electrons. The van der Waals surface area contributed by atoms with Crippen LogP contribution in [0.2, 0.25) is 0 Å². The van der Waals surface area contributed by atoms with E-state index in [1.807, 2.05) is 12.1 Å². The topological polar surface area (TPSA) is 36.3 Å². The molecule has 0 amide bonds. The number of methoxy groups -OCH3 is 1. The molecule has 0 saturated carbocycles. The molecular formula is C15H22N2O. The fourth-order valence-corrected chi connectivity index (χ4v) is 2.13. The zero-order chi connectivity index (χ0) is 13.8. The molecule has 0 bridgehead atoms. The lowest BCUT2D eigenvalue weighted by atomic mass is 9.96. The van der Waals surface area contributed by atoms with Gasteiger partial charge in [0, 0.05) is 18.7 Å². The van der Waals surface area contributed by atoms with Gasteiger partial charge >= 0.3 is 0 Å². The van der Waals surface area contributed by atoms with E-state index >= 15 is 0 Å². The molecule has 98 valence electrons. The summed E-state index contributed by atoms with van der Waals surface area (Å²) in [6.45, 7) is 8.42. The number of ether oxygens (including phenoxy) is 1. The first kappa shape index (κ1) is 14.5.